The molecule has 28 heavy (non-hydrogen) atoms. The molecule has 0 atom stereocenters. The van der Waals surface area contributed by atoms with Gasteiger partial charge >= 0.3 is 0 Å². The Morgan fingerprint density at radius 3 is 2.75 bits per heavy atom. The van der Waals surface area contributed by atoms with Crippen LogP contribution < -0.4 is 0 Å². The highest BCUT2D eigenvalue weighted by atomic mass is 32.2. The quantitative estimate of drug-likeness (QED) is 0.521. The average Bonchev–Trinajstić information content (AvgIpc) is 3.34. The van der Waals surface area contributed by atoms with Crippen LogP contribution in [-0.4, -0.2) is 55.0 Å². The highest BCUT2D eigenvalue weighted by Gasteiger charge is 2.33. The van der Waals surface area contributed by atoms with Crippen molar-refractivity contribution in [1.29, 1.82) is 0 Å². The minimum Gasteiger partial charge on any atom is -0.236 e. The molecule has 5 heterocycles. The largest absolute Gasteiger partial charge is 0.248 e. The van der Waals surface area contributed by atoms with Gasteiger partial charge in [-0.15, -0.1) is 0 Å². The number of hydrogen-bond acceptors (Lipinski definition) is 6. The van der Waals surface area contributed by atoms with Gasteiger partial charge in [-0.2, -0.15) is 14.5 Å². The second kappa shape index (κ2) is 6.35. The maximum absolute atomic E-state index is 13.1. The molecule has 0 bridgehead atoms. The maximum atomic E-state index is 13.1. The minimum absolute atomic E-state index is 0.159. The van der Waals surface area contributed by atoms with Gasteiger partial charge in [-0.1, -0.05) is 0 Å². The third-order valence-electron chi connectivity index (χ3n) is 5.42. The number of sulfonamides is 1. The van der Waals surface area contributed by atoms with Gasteiger partial charge < -0.3 is 0 Å². The van der Waals surface area contributed by atoms with Gasteiger partial charge in [-0.25, -0.2) is 27.4 Å². The first-order valence-corrected chi connectivity index (χ1v) is 10.6. The van der Waals surface area contributed by atoms with Crippen molar-refractivity contribution in [2.45, 2.75) is 30.6 Å². The van der Waals surface area contributed by atoms with Crippen LogP contribution in [0.3, 0.4) is 0 Å². The van der Waals surface area contributed by atoms with E-state index in [0.29, 0.717) is 24.7 Å². The number of hydrogen-bond donors (Lipinski definition) is 0. The van der Waals surface area contributed by atoms with E-state index < -0.39 is 10.0 Å². The van der Waals surface area contributed by atoms with Crippen LogP contribution in [0.5, 0.6) is 0 Å². The lowest BCUT2D eigenvalue weighted by Gasteiger charge is -2.31. The Labute approximate surface area is 161 Å². The number of aryl methyl sites for hydroxylation is 1. The summed E-state index contributed by atoms with van der Waals surface area (Å²) in [6, 6.07) is 3.74. The Hall–Kier alpha value is -2.85. The van der Waals surface area contributed by atoms with E-state index >= 15 is 0 Å². The van der Waals surface area contributed by atoms with Crippen LogP contribution in [0.4, 0.5) is 0 Å². The van der Waals surface area contributed by atoms with Gasteiger partial charge in [0.1, 0.15) is 11.2 Å². The number of fused-ring (bicyclic) bond motifs is 2. The van der Waals surface area contributed by atoms with Crippen LogP contribution in [-0.2, 0) is 10.0 Å². The highest BCUT2D eigenvalue weighted by Crippen LogP contribution is 2.33. The summed E-state index contributed by atoms with van der Waals surface area (Å²) in [5.41, 5.74) is 3.54. The van der Waals surface area contributed by atoms with Crippen molar-refractivity contribution in [3.05, 3.63) is 54.4 Å². The topological polar surface area (TPSA) is 97.8 Å². The predicted octanol–water partition coefficient (Wildman–Crippen LogP) is 1.65. The molecule has 1 fully saturated rings. The number of rotatable bonds is 3. The van der Waals surface area contributed by atoms with E-state index in [9.17, 15) is 8.42 Å². The van der Waals surface area contributed by atoms with Crippen LogP contribution in [0.1, 0.15) is 29.9 Å². The molecule has 0 N–H and O–H groups in total. The van der Waals surface area contributed by atoms with E-state index in [0.717, 1.165) is 24.1 Å². The van der Waals surface area contributed by atoms with Crippen LogP contribution in [0, 0.1) is 6.92 Å². The summed E-state index contributed by atoms with van der Waals surface area (Å²) in [5, 5.41) is 8.33. The van der Waals surface area contributed by atoms with E-state index in [1.165, 1.54) is 22.6 Å². The standard InChI is InChI=1S/C18H19N7O2S/c1-13-9-17-20-12-22-25(17)11-15(13)14-3-7-23(8-4-14)28(26,27)16-10-21-24-6-2-5-19-18(16)24/h2,5-6,9-12,14H,3-4,7-8H2,1H3. The Kier molecular flexibility index (Phi) is 3.91. The first kappa shape index (κ1) is 17.3. The smallest absolute Gasteiger partial charge is 0.236 e. The number of piperidine rings is 1. The lowest BCUT2D eigenvalue weighted by atomic mass is 9.89. The second-order valence-corrected chi connectivity index (χ2v) is 8.96. The van der Waals surface area contributed by atoms with Gasteiger partial charge in [0, 0.05) is 31.7 Å². The molecule has 0 spiro atoms. The molecule has 0 amide bonds. The molecule has 4 aromatic rings. The summed E-state index contributed by atoms with van der Waals surface area (Å²) in [6.45, 7) is 3.00. The van der Waals surface area contributed by atoms with Crippen molar-refractivity contribution in [3.63, 3.8) is 0 Å². The van der Waals surface area contributed by atoms with Crippen LogP contribution in [0.2, 0.25) is 0 Å². The van der Waals surface area contributed by atoms with Gasteiger partial charge in [0.05, 0.1) is 6.20 Å². The molecule has 1 aliphatic heterocycles. The lowest BCUT2D eigenvalue weighted by molar-refractivity contribution is 0.319. The Bertz CT molecular complexity index is 1270. The van der Waals surface area contributed by atoms with E-state index in [2.05, 4.69) is 27.1 Å². The normalized spacial score (nSPS) is 16.9. The minimum atomic E-state index is -3.63. The third-order valence-corrected chi connectivity index (χ3v) is 7.31. The van der Waals surface area contributed by atoms with Gasteiger partial charge in [-0.05, 0) is 48.9 Å². The molecule has 0 radical (unpaired) electrons. The molecular weight excluding hydrogens is 378 g/mol. The Morgan fingerprint density at radius 2 is 1.93 bits per heavy atom. The fraction of sp³-hybridized carbons (Fsp3) is 0.333. The fourth-order valence-electron chi connectivity index (χ4n) is 3.93. The van der Waals surface area contributed by atoms with E-state index in [4.69, 9.17) is 0 Å². The van der Waals surface area contributed by atoms with Gasteiger partial charge in [-0.3, -0.25) is 0 Å². The molecule has 144 valence electrons. The summed E-state index contributed by atoms with van der Waals surface area (Å²) in [7, 11) is -3.63. The molecule has 0 unspecified atom stereocenters. The van der Waals surface area contributed by atoms with Gasteiger partial charge in [0.25, 0.3) is 0 Å². The average molecular weight is 397 g/mol. The Balaban J connectivity index is 1.39. The summed E-state index contributed by atoms with van der Waals surface area (Å²) in [6.07, 6.45) is 9.72. The summed E-state index contributed by atoms with van der Waals surface area (Å²) >= 11 is 0. The lowest BCUT2D eigenvalue weighted by Crippen LogP contribution is -2.38. The molecule has 1 aliphatic rings. The molecule has 9 nitrogen and oxygen atoms in total. The molecule has 1 saturated heterocycles. The molecule has 0 saturated carbocycles. The van der Waals surface area contributed by atoms with Crippen molar-refractivity contribution in [2.24, 2.45) is 0 Å². The summed E-state index contributed by atoms with van der Waals surface area (Å²) < 4.78 is 31.0. The molecule has 0 aromatic carbocycles. The van der Waals surface area contributed by atoms with Crippen molar-refractivity contribution in [1.82, 2.24) is 33.5 Å². The Morgan fingerprint density at radius 1 is 1.11 bits per heavy atom. The van der Waals surface area contributed by atoms with Crippen molar-refractivity contribution < 1.29 is 8.42 Å². The summed E-state index contributed by atoms with van der Waals surface area (Å²) in [4.78, 5) is 8.55. The third kappa shape index (κ3) is 2.68. The van der Waals surface area contributed by atoms with Gasteiger partial charge in [0.2, 0.25) is 10.0 Å². The molecule has 10 heteroatoms. The first-order chi connectivity index (χ1) is 13.5. The monoisotopic (exact) mass is 397 g/mol. The van der Waals surface area contributed by atoms with Gasteiger partial charge in [0.15, 0.2) is 11.3 Å². The van der Waals surface area contributed by atoms with E-state index in [-0.39, 0.29) is 4.90 Å². The SMILES string of the molecule is Cc1cc2ncnn2cc1C1CCN(S(=O)(=O)c2cnn3cccnc23)CC1. The predicted molar refractivity (Wildman–Crippen MR) is 101 cm³/mol. The van der Waals surface area contributed by atoms with Crippen molar-refractivity contribution >= 4 is 21.3 Å². The number of pyridine rings is 1. The summed E-state index contributed by atoms with van der Waals surface area (Å²) in [5.74, 6) is 0.294. The zero-order chi connectivity index (χ0) is 19.3. The van der Waals surface area contributed by atoms with Crippen molar-refractivity contribution in [3.8, 4) is 0 Å². The molecule has 4 aromatic heterocycles. The molecular formula is C18H19N7O2S. The van der Waals surface area contributed by atoms with Crippen LogP contribution in [0.15, 0.2) is 48.1 Å². The number of aromatic nitrogens is 6. The van der Waals surface area contributed by atoms with E-state index in [1.807, 2.05) is 12.3 Å². The van der Waals surface area contributed by atoms with E-state index in [1.54, 1.807) is 27.3 Å². The van der Waals surface area contributed by atoms with Crippen LogP contribution >= 0.6 is 0 Å². The molecule has 0 aliphatic carbocycles. The zero-order valence-electron chi connectivity index (χ0n) is 15.3. The number of nitrogens with zero attached hydrogens (tertiary/aromatic N) is 7. The first-order valence-electron chi connectivity index (χ1n) is 9.12. The fourth-order valence-corrected chi connectivity index (χ4v) is 5.46. The maximum Gasteiger partial charge on any atom is 0.248 e. The second-order valence-electron chi connectivity index (χ2n) is 7.05. The molecule has 5 rings (SSSR count). The van der Waals surface area contributed by atoms with Crippen molar-refractivity contribution in [2.75, 3.05) is 13.1 Å². The highest BCUT2D eigenvalue weighted by molar-refractivity contribution is 7.89. The zero-order valence-corrected chi connectivity index (χ0v) is 16.1. The van der Waals surface area contributed by atoms with Crippen LogP contribution in [0.25, 0.3) is 11.3 Å².